The van der Waals surface area contributed by atoms with Gasteiger partial charge in [0, 0.05) is 12.0 Å². The Morgan fingerprint density at radius 1 is 1.30 bits per heavy atom. The molecule has 5 heteroatoms. The van der Waals surface area contributed by atoms with Crippen LogP contribution >= 0.6 is 0 Å². The standard InChI is InChI=1S/C18H20F2N2O/c1-11(12-7-13(19)9-14(20)8-12)5-6-16(21-4)22-17(23)15-10-18(15,2)3/h5-9,15H,4,10H2,1-3H3,(H,22,23)/b11-5+,16-6+. The average Bonchev–Trinajstić information content (AvgIpc) is 3.10. The van der Waals surface area contributed by atoms with Crippen molar-refractivity contribution in [3.8, 4) is 0 Å². The van der Waals surface area contributed by atoms with Crippen molar-refractivity contribution in [1.82, 2.24) is 5.32 Å². The molecular weight excluding hydrogens is 298 g/mol. The number of allylic oxidation sites excluding steroid dienone is 3. The number of halogens is 2. The summed E-state index contributed by atoms with van der Waals surface area (Å²) in [7, 11) is 0. The van der Waals surface area contributed by atoms with E-state index in [1.54, 1.807) is 19.1 Å². The second-order valence-electron chi connectivity index (χ2n) is 6.45. The van der Waals surface area contributed by atoms with Gasteiger partial charge in [-0.1, -0.05) is 19.9 Å². The molecule has 0 bridgehead atoms. The zero-order chi connectivity index (χ0) is 17.2. The van der Waals surface area contributed by atoms with E-state index in [9.17, 15) is 13.6 Å². The molecule has 1 amide bonds. The first-order valence-corrected chi connectivity index (χ1v) is 7.35. The number of carbonyl (C=O) groups excluding carboxylic acids is 1. The molecular formula is C18H20F2N2O. The number of hydrogen-bond donors (Lipinski definition) is 1. The highest BCUT2D eigenvalue weighted by atomic mass is 19.1. The first-order valence-electron chi connectivity index (χ1n) is 7.35. The summed E-state index contributed by atoms with van der Waals surface area (Å²) in [6.07, 6.45) is 4.05. The number of aliphatic imine (C=N–C) groups is 1. The number of nitrogens with one attached hydrogen (secondary N) is 1. The third-order valence-corrected chi connectivity index (χ3v) is 4.06. The average molecular weight is 318 g/mol. The summed E-state index contributed by atoms with van der Waals surface area (Å²) in [6, 6.07) is 3.31. The third kappa shape index (κ3) is 4.34. The van der Waals surface area contributed by atoms with Crippen LogP contribution in [0.1, 0.15) is 32.8 Å². The Kier molecular flexibility index (Phi) is 4.78. The highest BCUT2D eigenvalue weighted by molar-refractivity contribution is 5.84. The fourth-order valence-corrected chi connectivity index (χ4v) is 2.34. The van der Waals surface area contributed by atoms with Crippen LogP contribution in [-0.4, -0.2) is 12.6 Å². The van der Waals surface area contributed by atoms with Crippen LogP contribution < -0.4 is 5.32 Å². The van der Waals surface area contributed by atoms with Crippen molar-refractivity contribution >= 4 is 18.2 Å². The van der Waals surface area contributed by atoms with E-state index >= 15 is 0 Å². The Labute approximate surface area is 134 Å². The molecule has 23 heavy (non-hydrogen) atoms. The molecule has 1 aliphatic rings. The van der Waals surface area contributed by atoms with Crippen LogP contribution in [0.15, 0.2) is 41.2 Å². The van der Waals surface area contributed by atoms with Crippen LogP contribution in [0, 0.1) is 23.0 Å². The molecule has 0 aliphatic heterocycles. The topological polar surface area (TPSA) is 41.5 Å². The molecule has 0 heterocycles. The highest BCUT2D eigenvalue weighted by Crippen LogP contribution is 2.51. The Hall–Kier alpha value is -2.30. The summed E-state index contributed by atoms with van der Waals surface area (Å²) in [5, 5.41) is 2.71. The number of benzene rings is 1. The van der Waals surface area contributed by atoms with E-state index in [-0.39, 0.29) is 17.2 Å². The van der Waals surface area contributed by atoms with Gasteiger partial charge in [-0.3, -0.25) is 4.79 Å². The lowest BCUT2D eigenvalue weighted by Crippen LogP contribution is -2.25. The van der Waals surface area contributed by atoms with E-state index < -0.39 is 11.6 Å². The molecule has 1 aliphatic carbocycles. The second-order valence-corrected chi connectivity index (χ2v) is 6.45. The van der Waals surface area contributed by atoms with Gasteiger partial charge in [-0.05, 0) is 54.8 Å². The van der Waals surface area contributed by atoms with E-state index in [0.29, 0.717) is 17.0 Å². The normalized spacial score (nSPS) is 20.1. The minimum absolute atomic E-state index is 0.0185. The smallest absolute Gasteiger partial charge is 0.229 e. The predicted octanol–water partition coefficient (Wildman–Crippen LogP) is 4.07. The zero-order valence-electron chi connectivity index (χ0n) is 13.5. The minimum Gasteiger partial charge on any atom is -0.310 e. The molecule has 1 saturated carbocycles. The molecule has 1 atom stereocenters. The van der Waals surface area contributed by atoms with Crippen molar-refractivity contribution in [1.29, 1.82) is 0 Å². The van der Waals surface area contributed by atoms with Gasteiger partial charge in [0.1, 0.15) is 17.5 Å². The summed E-state index contributed by atoms with van der Waals surface area (Å²) >= 11 is 0. The van der Waals surface area contributed by atoms with Gasteiger partial charge in [0.15, 0.2) is 0 Å². The number of hydrogen-bond acceptors (Lipinski definition) is 2. The second kappa shape index (κ2) is 6.44. The summed E-state index contributed by atoms with van der Waals surface area (Å²) < 4.78 is 26.5. The molecule has 0 radical (unpaired) electrons. The lowest BCUT2D eigenvalue weighted by atomic mass is 10.1. The molecule has 1 N–H and O–H groups in total. The fourth-order valence-electron chi connectivity index (χ4n) is 2.34. The minimum atomic E-state index is -0.636. The van der Waals surface area contributed by atoms with Crippen LogP contribution in [0.4, 0.5) is 8.78 Å². The quantitative estimate of drug-likeness (QED) is 0.645. The van der Waals surface area contributed by atoms with Crippen molar-refractivity contribution in [2.24, 2.45) is 16.3 Å². The Balaban J connectivity index is 2.11. The van der Waals surface area contributed by atoms with Crippen molar-refractivity contribution in [3.05, 3.63) is 53.4 Å². The maximum Gasteiger partial charge on any atom is 0.229 e. The molecule has 3 nitrogen and oxygen atoms in total. The zero-order valence-corrected chi connectivity index (χ0v) is 13.5. The lowest BCUT2D eigenvalue weighted by molar-refractivity contribution is -0.122. The van der Waals surface area contributed by atoms with Crippen LogP contribution in [0.25, 0.3) is 5.57 Å². The predicted molar refractivity (Wildman–Crippen MR) is 87.7 cm³/mol. The molecule has 0 aromatic heterocycles. The van der Waals surface area contributed by atoms with Gasteiger partial charge in [-0.2, -0.15) is 0 Å². The van der Waals surface area contributed by atoms with Crippen LogP contribution in [0.5, 0.6) is 0 Å². The maximum atomic E-state index is 13.2. The summed E-state index contributed by atoms with van der Waals surface area (Å²) in [4.78, 5) is 15.8. The molecule has 0 saturated heterocycles. The molecule has 1 fully saturated rings. The molecule has 2 rings (SSSR count). The molecule has 122 valence electrons. The van der Waals surface area contributed by atoms with Crippen LogP contribution in [-0.2, 0) is 4.79 Å². The Bertz CT molecular complexity index is 685. The summed E-state index contributed by atoms with van der Waals surface area (Å²) in [5.74, 6) is -1.06. The Morgan fingerprint density at radius 2 is 1.87 bits per heavy atom. The number of amides is 1. The van der Waals surface area contributed by atoms with E-state index in [1.165, 1.54) is 12.1 Å². The van der Waals surface area contributed by atoms with Gasteiger partial charge in [0.05, 0.1) is 0 Å². The first-order chi connectivity index (χ1) is 10.7. The third-order valence-electron chi connectivity index (χ3n) is 4.06. The number of carbonyl (C=O) groups is 1. The number of rotatable bonds is 5. The van der Waals surface area contributed by atoms with Crippen molar-refractivity contribution < 1.29 is 13.6 Å². The lowest BCUT2D eigenvalue weighted by Gasteiger charge is -2.06. The van der Waals surface area contributed by atoms with E-state index in [0.717, 1.165) is 12.5 Å². The van der Waals surface area contributed by atoms with Gasteiger partial charge in [0.2, 0.25) is 5.91 Å². The maximum absolute atomic E-state index is 13.2. The highest BCUT2D eigenvalue weighted by Gasteiger charge is 2.50. The van der Waals surface area contributed by atoms with E-state index in [2.05, 4.69) is 17.0 Å². The van der Waals surface area contributed by atoms with Gasteiger partial charge in [-0.25, -0.2) is 13.8 Å². The van der Waals surface area contributed by atoms with Gasteiger partial charge in [-0.15, -0.1) is 0 Å². The van der Waals surface area contributed by atoms with Crippen LogP contribution in [0.2, 0.25) is 0 Å². The van der Waals surface area contributed by atoms with E-state index in [1.807, 2.05) is 13.8 Å². The van der Waals surface area contributed by atoms with Gasteiger partial charge >= 0.3 is 0 Å². The largest absolute Gasteiger partial charge is 0.310 e. The van der Waals surface area contributed by atoms with Crippen molar-refractivity contribution in [3.63, 3.8) is 0 Å². The molecule has 0 spiro atoms. The van der Waals surface area contributed by atoms with Crippen LogP contribution in [0.3, 0.4) is 0 Å². The SMILES string of the molecule is C=N/C(=C\C=C(/C)c1cc(F)cc(F)c1)NC(=O)C1CC1(C)C. The monoisotopic (exact) mass is 318 g/mol. The van der Waals surface area contributed by atoms with Gasteiger partial charge < -0.3 is 5.32 Å². The van der Waals surface area contributed by atoms with Gasteiger partial charge in [0.25, 0.3) is 0 Å². The Morgan fingerprint density at radius 3 is 2.35 bits per heavy atom. The molecule has 1 aromatic carbocycles. The first kappa shape index (κ1) is 17.1. The summed E-state index contributed by atoms with van der Waals surface area (Å²) in [6.45, 7) is 9.21. The fraction of sp³-hybridized carbons (Fsp3) is 0.333. The number of nitrogens with zero attached hydrogens (tertiary/aromatic N) is 1. The molecule has 1 unspecified atom stereocenters. The molecule has 1 aromatic rings. The van der Waals surface area contributed by atoms with Crippen molar-refractivity contribution in [2.45, 2.75) is 27.2 Å². The van der Waals surface area contributed by atoms with Crippen molar-refractivity contribution in [2.75, 3.05) is 0 Å². The van der Waals surface area contributed by atoms with E-state index in [4.69, 9.17) is 0 Å². The summed E-state index contributed by atoms with van der Waals surface area (Å²) in [5.41, 5.74) is 1.10.